The number of carbonyl (C=O) groups is 1. The molecule has 2 rings (SSSR count). The molecule has 3 nitrogen and oxygen atoms in total. The molecule has 0 fully saturated rings. The third-order valence-electron chi connectivity index (χ3n) is 2.55. The maximum atomic E-state index is 11.6. The van der Waals surface area contributed by atoms with E-state index >= 15 is 0 Å². The Bertz CT molecular complexity index is 501. The highest BCUT2D eigenvalue weighted by Crippen LogP contribution is 2.52. The molecule has 0 saturated heterocycles. The van der Waals surface area contributed by atoms with E-state index in [2.05, 4.69) is 47.8 Å². The predicted molar refractivity (Wildman–Crippen MR) is 78.8 cm³/mol. The zero-order valence-corrected chi connectivity index (χ0v) is 14.1. The lowest BCUT2D eigenvalue weighted by Gasteiger charge is -2.28. The van der Waals surface area contributed by atoms with Gasteiger partial charge in [0.2, 0.25) is 4.51 Å². The third kappa shape index (κ3) is 2.26. The summed E-state index contributed by atoms with van der Waals surface area (Å²) in [6.45, 7) is 0. The summed E-state index contributed by atoms with van der Waals surface area (Å²) in [5, 5.41) is 0. The van der Waals surface area contributed by atoms with Crippen LogP contribution in [0.3, 0.4) is 0 Å². The molecule has 1 aliphatic heterocycles. The van der Waals surface area contributed by atoms with Gasteiger partial charge in [0.1, 0.15) is 4.48 Å². The maximum Gasteiger partial charge on any atom is 0.350 e. The topological polar surface area (TPSA) is 35.5 Å². The number of carbonyl (C=O) groups excluding carboxylic acids is 1. The summed E-state index contributed by atoms with van der Waals surface area (Å²) in [5.41, 5.74) is 0.971. The average Bonchev–Trinajstić information content (AvgIpc) is 2.61. The van der Waals surface area contributed by atoms with E-state index < -0.39 is 10.5 Å². The van der Waals surface area contributed by atoms with Gasteiger partial charge >= 0.3 is 5.97 Å². The van der Waals surface area contributed by atoms with Crippen LogP contribution in [0.1, 0.15) is 10.4 Å². The molecule has 1 aliphatic rings. The second-order valence-electron chi connectivity index (χ2n) is 3.65. The van der Waals surface area contributed by atoms with Crippen LogP contribution in [-0.2, 0) is 14.3 Å². The number of rotatable bonds is 3. The fourth-order valence-electron chi connectivity index (χ4n) is 1.70. The Morgan fingerprint density at radius 1 is 1.33 bits per heavy atom. The first kappa shape index (κ1) is 14.1. The molecule has 1 aromatic carbocycles. The Hall–Kier alpha value is -0.330. The lowest BCUT2D eigenvalue weighted by molar-refractivity contribution is -0.141. The zero-order chi connectivity index (χ0) is 13.3. The van der Waals surface area contributed by atoms with E-state index in [1.54, 1.807) is 0 Å². The number of hydrogen-bond acceptors (Lipinski definition) is 3. The Morgan fingerprint density at radius 3 is 2.50 bits per heavy atom. The van der Waals surface area contributed by atoms with E-state index in [0.29, 0.717) is 10.2 Å². The molecule has 0 bridgehead atoms. The van der Waals surface area contributed by atoms with Crippen molar-refractivity contribution in [3.8, 4) is 0 Å². The first-order chi connectivity index (χ1) is 8.50. The van der Waals surface area contributed by atoms with E-state index in [9.17, 15) is 4.79 Å². The number of methoxy groups -OCH3 is 1. The van der Waals surface area contributed by atoms with Crippen molar-refractivity contribution in [1.82, 2.24) is 0 Å². The van der Waals surface area contributed by atoms with Gasteiger partial charge in [-0.05, 0) is 37.4 Å². The highest BCUT2D eigenvalue weighted by Gasteiger charge is 2.52. The third-order valence-corrected chi connectivity index (χ3v) is 6.00. The van der Waals surface area contributed by atoms with Crippen molar-refractivity contribution in [2.24, 2.45) is 0 Å². The van der Waals surface area contributed by atoms with Crippen LogP contribution in [0.4, 0.5) is 0 Å². The minimum absolute atomic E-state index is 0.264. The Labute approximate surface area is 130 Å². The number of ether oxygens (including phenoxy) is 2. The van der Waals surface area contributed by atoms with Gasteiger partial charge in [0.05, 0.1) is 11.9 Å². The van der Waals surface area contributed by atoms with Crippen LogP contribution in [-0.4, -0.2) is 17.6 Å². The van der Waals surface area contributed by atoms with Crippen molar-refractivity contribution in [3.05, 3.63) is 46.1 Å². The van der Waals surface area contributed by atoms with Gasteiger partial charge in [-0.3, -0.25) is 0 Å². The predicted octanol–water partition coefficient (Wildman–Crippen LogP) is 4.02. The molecule has 18 heavy (non-hydrogen) atoms. The molecule has 6 heteroatoms. The van der Waals surface area contributed by atoms with E-state index in [4.69, 9.17) is 9.47 Å². The van der Waals surface area contributed by atoms with Crippen LogP contribution >= 0.6 is 47.8 Å². The van der Waals surface area contributed by atoms with Gasteiger partial charge in [-0.15, -0.1) is 0 Å². The van der Waals surface area contributed by atoms with Crippen molar-refractivity contribution in [2.75, 3.05) is 7.11 Å². The van der Waals surface area contributed by atoms with E-state index in [1.165, 1.54) is 7.11 Å². The van der Waals surface area contributed by atoms with Crippen molar-refractivity contribution >= 4 is 53.8 Å². The number of halogens is 3. The second kappa shape index (κ2) is 5.35. The van der Waals surface area contributed by atoms with Gasteiger partial charge in [0.25, 0.3) is 0 Å². The van der Waals surface area contributed by atoms with Gasteiger partial charge in [0, 0.05) is 0 Å². The van der Waals surface area contributed by atoms with Crippen LogP contribution in [0.2, 0.25) is 0 Å². The van der Waals surface area contributed by atoms with Crippen molar-refractivity contribution in [1.29, 1.82) is 0 Å². The maximum absolute atomic E-state index is 11.6. The van der Waals surface area contributed by atoms with Crippen LogP contribution in [0.25, 0.3) is 0 Å². The molecular formula is C12H9Br3O3. The number of cyclic esters (lactones) is 1. The van der Waals surface area contributed by atoms with Crippen LogP contribution in [0.15, 0.2) is 40.6 Å². The quantitative estimate of drug-likeness (QED) is 0.526. The minimum Gasteiger partial charge on any atom is -0.494 e. The summed E-state index contributed by atoms with van der Waals surface area (Å²) in [5.74, 6) is -0.0395. The Balaban J connectivity index is 2.41. The molecule has 0 N–H and O–H groups in total. The average molecular weight is 441 g/mol. The minimum atomic E-state index is -1.04. The summed E-state index contributed by atoms with van der Waals surface area (Å²) in [6, 6.07) is 9.64. The first-order valence-corrected chi connectivity index (χ1v) is 7.56. The summed E-state index contributed by atoms with van der Waals surface area (Å²) in [6.07, 6.45) is 0. The van der Waals surface area contributed by atoms with Gasteiger partial charge in [-0.2, -0.15) is 0 Å². The van der Waals surface area contributed by atoms with Crippen LogP contribution in [0, 0.1) is 0 Å². The molecule has 0 unspecified atom stereocenters. The van der Waals surface area contributed by atoms with Crippen molar-refractivity contribution < 1.29 is 14.3 Å². The molecular weight excluding hydrogens is 432 g/mol. The molecule has 1 heterocycles. The highest BCUT2D eigenvalue weighted by molar-refractivity contribution is 9.13. The van der Waals surface area contributed by atoms with Crippen LogP contribution < -0.4 is 0 Å². The van der Waals surface area contributed by atoms with E-state index in [-0.39, 0.29) is 4.83 Å². The fourth-order valence-corrected chi connectivity index (χ4v) is 3.88. The molecule has 0 amide bonds. The number of benzene rings is 1. The molecule has 2 atom stereocenters. The van der Waals surface area contributed by atoms with Crippen molar-refractivity contribution in [3.63, 3.8) is 0 Å². The summed E-state index contributed by atoms with van der Waals surface area (Å²) < 4.78 is 9.88. The molecule has 1 aromatic rings. The normalized spacial score (nSPS) is 25.0. The first-order valence-electron chi connectivity index (χ1n) is 5.06. The Kier molecular flexibility index (Phi) is 4.18. The largest absolute Gasteiger partial charge is 0.494 e. The second-order valence-corrected chi connectivity index (χ2v) is 6.54. The lowest BCUT2D eigenvalue weighted by Crippen LogP contribution is -2.30. The van der Waals surface area contributed by atoms with E-state index in [0.717, 1.165) is 5.56 Å². The fraction of sp³-hybridized carbons (Fsp3) is 0.250. The van der Waals surface area contributed by atoms with Gasteiger partial charge in [0.15, 0.2) is 5.76 Å². The molecule has 0 spiro atoms. The SMILES string of the molecule is COC1=C(Br)C(=O)O[C@@]1(Br)[C@@H](Br)c1ccccc1. The summed E-state index contributed by atoms with van der Waals surface area (Å²) in [7, 11) is 1.50. The molecule has 0 saturated carbocycles. The van der Waals surface area contributed by atoms with Gasteiger partial charge in [-0.25, -0.2) is 4.79 Å². The van der Waals surface area contributed by atoms with Crippen molar-refractivity contribution in [2.45, 2.75) is 9.34 Å². The summed E-state index contributed by atoms with van der Waals surface area (Å²) >= 11 is 10.2. The molecule has 0 radical (unpaired) electrons. The number of esters is 1. The smallest absolute Gasteiger partial charge is 0.350 e. The lowest BCUT2D eigenvalue weighted by atomic mass is 10.1. The standard InChI is InChI=1S/C12H9Br3O3/c1-17-10-8(13)11(16)18-12(10,15)9(14)7-5-3-2-4-6-7/h2-6,9H,1H3/t9-,12-/m0/s1. The highest BCUT2D eigenvalue weighted by atomic mass is 79.9. The number of hydrogen-bond donors (Lipinski definition) is 0. The van der Waals surface area contributed by atoms with E-state index in [1.807, 2.05) is 30.3 Å². The number of alkyl halides is 2. The molecule has 96 valence electrons. The van der Waals surface area contributed by atoms with Crippen LogP contribution in [0.5, 0.6) is 0 Å². The molecule has 0 aromatic heterocycles. The molecule has 0 aliphatic carbocycles. The summed E-state index contributed by atoms with van der Waals surface area (Å²) in [4.78, 5) is 11.4. The Morgan fingerprint density at radius 2 is 1.94 bits per heavy atom. The monoisotopic (exact) mass is 438 g/mol. The van der Waals surface area contributed by atoms with Gasteiger partial charge < -0.3 is 9.47 Å². The van der Waals surface area contributed by atoms with Gasteiger partial charge in [-0.1, -0.05) is 46.3 Å². The zero-order valence-electron chi connectivity index (χ0n) is 9.32.